The lowest BCUT2D eigenvalue weighted by Gasteiger charge is -2.21. The molecule has 1 aliphatic rings. The molecule has 1 fully saturated rings. The Labute approximate surface area is 68.3 Å². The van der Waals surface area contributed by atoms with Gasteiger partial charge in [-0.1, -0.05) is 12.8 Å². The van der Waals surface area contributed by atoms with Crippen LogP contribution in [0.25, 0.3) is 0 Å². The number of halogens is 3. The summed E-state index contributed by atoms with van der Waals surface area (Å²) in [6.07, 6.45) is 1.45. The van der Waals surface area contributed by atoms with Gasteiger partial charge in [0, 0.05) is 5.92 Å². The van der Waals surface area contributed by atoms with E-state index in [4.69, 9.17) is 4.89 Å². The first-order chi connectivity index (χ1) is 5.36. The molecule has 0 saturated heterocycles. The van der Waals surface area contributed by atoms with Crippen LogP contribution in [0.4, 0.5) is 13.0 Å². The lowest BCUT2D eigenvalue weighted by molar-refractivity contribution is 0.00874. The molecule has 72 valence electrons. The highest BCUT2D eigenvalue weighted by Crippen LogP contribution is 2.63. The molecule has 0 amide bonds. The zero-order valence-electron chi connectivity index (χ0n) is 6.34. The van der Waals surface area contributed by atoms with Crippen LogP contribution in [0.3, 0.4) is 0 Å². The summed E-state index contributed by atoms with van der Waals surface area (Å²) >= 11 is 0. The Kier molecular flexibility index (Phi) is 2.55. The molecule has 1 aliphatic carbocycles. The molecule has 0 radical (unpaired) electrons. The third-order valence-corrected chi connectivity index (χ3v) is 3.31. The molecule has 0 aliphatic heterocycles. The molecule has 0 aromatic carbocycles. The quantitative estimate of drug-likeness (QED) is 0.699. The standard InChI is InChI=1S/C6H10F3O2P/c7-6(8,12(9,10)11)5-3-1-2-4-5/h5H,1-4H2,(H,10,11). The highest BCUT2D eigenvalue weighted by atomic mass is 31.2. The van der Waals surface area contributed by atoms with Crippen molar-refractivity contribution in [3.63, 3.8) is 0 Å². The average Bonchev–Trinajstić information content (AvgIpc) is 2.34. The van der Waals surface area contributed by atoms with Gasteiger partial charge in [0.25, 0.3) is 0 Å². The van der Waals surface area contributed by atoms with Gasteiger partial charge in [0.2, 0.25) is 0 Å². The molecule has 1 N–H and O–H groups in total. The number of alkyl halides is 2. The van der Waals surface area contributed by atoms with E-state index in [0.717, 1.165) is 0 Å². The lowest BCUT2D eigenvalue weighted by atomic mass is 10.1. The average molecular weight is 202 g/mol. The smallest absolute Gasteiger partial charge is 0.317 e. The topological polar surface area (TPSA) is 37.3 Å². The fourth-order valence-corrected chi connectivity index (χ4v) is 2.21. The molecule has 0 spiro atoms. The predicted molar refractivity (Wildman–Crippen MR) is 37.8 cm³/mol. The minimum Gasteiger partial charge on any atom is -0.317 e. The highest BCUT2D eigenvalue weighted by molar-refractivity contribution is 7.53. The Morgan fingerprint density at radius 1 is 1.33 bits per heavy atom. The molecule has 12 heavy (non-hydrogen) atoms. The van der Waals surface area contributed by atoms with Crippen LogP contribution in [0.1, 0.15) is 25.7 Å². The molecule has 1 unspecified atom stereocenters. The molecule has 0 aromatic rings. The summed E-state index contributed by atoms with van der Waals surface area (Å²) in [7, 11) is -5.75. The summed E-state index contributed by atoms with van der Waals surface area (Å²) in [5.74, 6) is -1.25. The molecule has 1 saturated carbocycles. The molecule has 0 aromatic heterocycles. The van der Waals surface area contributed by atoms with Crippen molar-refractivity contribution in [3.05, 3.63) is 0 Å². The van der Waals surface area contributed by atoms with Gasteiger partial charge in [-0.15, -0.1) is 0 Å². The van der Waals surface area contributed by atoms with Gasteiger partial charge in [-0.05, 0) is 12.8 Å². The zero-order chi connectivity index (χ0) is 9.41. The van der Waals surface area contributed by atoms with Crippen LogP contribution < -0.4 is 0 Å². The third kappa shape index (κ3) is 1.67. The van der Waals surface area contributed by atoms with Crippen molar-refractivity contribution in [2.24, 2.45) is 5.92 Å². The van der Waals surface area contributed by atoms with Crippen LogP contribution in [0.5, 0.6) is 0 Å². The molecule has 1 rings (SSSR count). The summed E-state index contributed by atoms with van der Waals surface area (Å²) in [5, 5.41) is 0. The summed E-state index contributed by atoms with van der Waals surface area (Å²) in [6.45, 7) is 0. The molecular formula is C6H10F3O2P. The van der Waals surface area contributed by atoms with Gasteiger partial charge in [-0.3, -0.25) is 0 Å². The number of hydrogen-bond donors (Lipinski definition) is 1. The maximum atomic E-state index is 12.7. The second kappa shape index (κ2) is 3.04. The first-order valence-corrected chi connectivity index (χ1v) is 5.31. The molecule has 0 bridgehead atoms. The summed E-state index contributed by atoms with van der Waals surface area (Å²) in [4.78, 5) is 8.14. The minimum absolute atomic E-state index is 0.140. The van der Waals surface area contributed by atoms with Crippen molar-refractivity contribution >= 4 is 7.68 Å². The van der Waals surface area contributed by atoms with E-state index in [1.165, 1.54) is 0 Å². The van der Waals surface area contributed by atoms with Crippen molar-refractivity contribution in [3.8, 4) is 0 Å². The molecular weight excluding hydrogens is 192 g/mol. The SMILES string of the molecule is O=P(O)(F)C(F)(F)C1CCCC1. The monoisotopic (exact) mass is 202 g/mol. The Morgan fingerprint density at radius 3 is 2.08 bits per heavy atom. The molecule has 0 heterocycles. The van der Waals surface area contributed by atoms with Crippen molar-refractivity contribution in [2.45, 2.75) is 31.3 Å². The van der Waals surface area contributed by atoms with Gasteiger partial charge >= 0.3 is 13.3 Å². The maximum absolute atomic E-state index is 12.7. The largest absolute Gasteiger partial charge is 0.433 e. The Hall–Kier alpha value is -0.0200. The van der Waals surface area contributed by atoms with Gasteiger partial charge in [-0.2, -0.15) is 13.0 Å². The van der Waals surface area contributed by atoms with Crippen LogP contribution in [0.2, 0.25) is 0 Å². The van der Waals surface area contributed by atoms with Gasteiger partial charge in [0.1, 0.15) is 0 Å². The van der Waals surface area contributed by atoms with Crippen molar-refractivity contribution < 1.29 is 22.4 Å². The van der Waals surface area contributed by atoms with Crippen molar-refractivity contribution in [2.75, 3.05) is 0 Å². The second-order valence-electron chi connectivity index (χ2n) is 3.07. The highest BCUT2D eigenvalue weighted by Gasteiger charge is 2.56. The Bertz CT molecular complexity index is 207. The van der Waals surface area contributed by atoms with E-state index in [-0.39, 0.29) is 12.8 Å². The Balaban J connectivity index is 2.76. The normalized spacial score (nSPS) is 25.7. The van der Waals surface area contributed by atoms with Gasteiger partial charge < -0.3 is 4.89 Å². The zero-order valence-corrected chi connectivity index (χ0v) is 7.24. The summed E-state index contributed by atoms with van der Waals surface area (Å²) in [5.41, 5.74) is -4.04. The molecule has 6 heteroatoms. The van der Waals surface area contributed by atoms with E-state index in [0.29, 0.717) is 12.8 Å². The maximum Gasteiger partial charge on any atom is 0.433 e. The van der Waals surface area contributed by atoms with Crippen molar-refractivity contribution in [1.82, 2.24) is 0 Å². The molecule has 2 nitrogen and oxygen atoms in total. The fourth-order valence-electron chi connectivity index (χ4n) is 1.50. The summed E-state index contributed by atoms with van der Waals surface area (Å²) in [6, 6.07) is 0. The number of rotatable bonds is 2. The van der Waals surface area contributed by atoms with E-state index < -0.39 is 19.3 Å². The van der Waals surface area contributed by atoms with Crippen LogP contribution in [0.15, 0.2) is 0 Å². The number of hydrogen-bond acceptors (Lipinski definition) is 1. The van der Waals surface area contributed by atoms with Gasteiger partial charge in [0.15, 0.2) is 0 Å². The van der Waals surface area contributed by atoms with Crippen LogP contribution in [0, 0.1) is 5.92 Å². The van der Waals surface area contributed by atoms with E-state index in [1.54, 1.807) is 0 Å². The van der Waals surface area contributed by atoms with E-state index >= 15 is 0 Å². The van der Waals surface area contributed by atoms with Crippen molar-refractivity contribution in [1.29, 1.82) is 0 Å². The molecule has 1 atom stereocenters. The minimum atomic E-state index is -5.75. The Morgan fingerprint density at radius 2 is 1.75 bits per heavy atom. The van der Waals surface area contributed by atoms with Crippen LogP contribution in [-0.2, 0) is 4.57 Å². The van der Waals surface area contributed by atoms with Crippen LogP contribution in [-0.4, -0.2) is 10.6 Å². The summed E-state index contributed by atoms with van der Waals surface area (Å²) < 4.78 is 47.8. The second-order valence-corrected chi connectivity index (χ2v) is 4.67. The van der Waals surface area contributed by atoms with Gasteiger partial charge in [0.05, 0.1) is 0 Å². The first kappa shape index (κ1) is 10.1. The third-order valence-electron chi connectivity index (χ3n) is 2.21. The first-order valence-electron chi connectivity index (χ1n) is 3.76. The predicted octanol–water partition coefficient (Wildman–Crippen LogP) is 2.92. The van der Waals surface area contributed by atoms with E-state index in [9.17, 15) is 17.5 Å². The lowest BCUT2D eigenvalue weighted by Crippen LogP contribution is -2.24. The van der Waals surface area contributed by atoms with Gasteiger partial charge in [-0.25, -0.2) is 4.57 Å². The van der Waals surface area contributed by atoms with E-state index in [1.807, 2.05) is 0 Å². The fraction of sp³-hybridized carbons (Fsp3) is 1.00. The van der Waals surface area contributed by atoms with E-state index in [2.05, 4.69) is 0 Å². The van der Waals surface area contributed by atoms with Crippen LogP contribution >= 0.6 is 7.68 Å².